The van der Waals surface area contributed by atoms with E-state index in [1.54, 1.807) is 19.1 Å². The van der Waals surface area contributed by atoms with Crippen molar-refractivity contribution >= 4 is 0 Å². The lowest BCUT2D eigenvalue weighted by Gasteiger charge is -2.13. The van der Waals surface area contributed by atoms with Crippen LogP contribution in [0.25, 0.3) is 0 Å². The maximum Gasteiger partial charge on any atom is 0.126 e. The van der Waals surface area contributed by atoms with Gasteiger partial charge in [-0.15, -0.1) is 0 Å². The van der Waals surface area contributed by atoms with Crippen molar-refractivity contribution in [1.82, 2.24) is 0 Å². The van der Waals surface area contributed by atoms with Crippen molar-refractivity contribution in [3.63, 3.8) is 0 Å². The zero-order valence-electron chi connectivity index (χ0n) is 11.8. The number of rotatable bonds is 5. The predicted molar refractivity (Wildman–Crippen MR) is 77.4 cm³/mol. The maximum absolute atomic E-state index is 13.2. The highest BCUT2D eigenvalue weighted by Crippen LogP contribution is 2.25. The number of halogens is 1. The van der Waals surface area contributed by atoms with E-state index in [4.69, 9.17) is 4.74 Å². The van der Waals surface area contributed by atoms with E-state index < -0.39 is 6.10 Å². The lowest BCUT2D eigenvalue weighted by Crippen LogP contribution is -2.01. The van der Waals surface area contributed by atoms with Crippen LogP contribution in [0.15, 0.2) is 42.5 Å². The Morgan fingerprint density at radius 1 is 1.10 bits per heavy atom. The van der Waals surface area contributed by atoms with E-state index >= 15 is 0 Å². The van der Waals surface area contributed by atoms with Crippen molar-refractivity contribution < 1.29 is 14.2 Å². The molecule has 0 radical (unpaired) electrons. The third kappa shape index (κ3) is 3.36. The number of benzene rings is 2. The number of hydrogen-bond acceptors (Lipinski definition) is 2. The zero-order chi connectivity index (χ0) is 14.5. The largest absolute Gasteiger partial charge is 0.494 e. The minimum absolute atomic E-state index is 0.260. The molecule has 106 valence electrons. The van der Waals surface area contributed by atoms with Gasteiger partial charge in [-0.2, -0.15) is 0 Å². The Morgan fingerprint density at radius 2 is 1.75 bits per heavy atom. The van der Waals surface area contributed by atoms with Gasteiger partial charge in [-0.25, -0.2) is 4.39 Å². The summed E-state index contributed by atoms with van der Waals surface area (Å²) in [5, 5.41) is 10.3. The van der Waals surface area contributed by atoms with E-state index in [9.17, 15) is 9.50 Å². The molecule has 1 atom stereocenters. The van der Waals surface area contributed by atoms with E-state index in [0.29, 0.717) is 17.7 Å². The van der Waals surface area contributed by atoms with Crippen LogP contribution in [0.4, 0.5) is 4.39 Å². The predicted octanol–water partition coefficient (Wildman–Crippen LogP) is 4.00. The molecule has 0 amide bonds. The summed E-state index contributed by atoms with van der Waals surface area (Å²) in [5.74, 6) is 0.530. The lowest BCUT2D eigenvalue weighted by atomic mass is 10.00. The van der Waals surface area contributed by atoms with Gasteiger partial charge in [-0.3, -0.25) is 0 Å². The SMILES string of the molecule is CCCOc1ccc(C(O)c2ccc(F)c(C)c2)cc1. The van der Waals surface area contributed by atoms with Gasteiger partial charge in [0.2, 0.25) is 0 Å². The third-order valence-corrected chi connectivity index (χ3v) is 3.17. The van der Waals surface area contributed by atoms with Crippen molar-refractivity contribution in [1.29, 1.82) is 0 Å². The minimum atomic E-state index is -0.755. The molecule has 2 aromatic rings. The fourth-order valence-corrected chi connectivity index (χ4v) is 2.00. The van der Waals surface area contributed by atoms with Crippen LogP contribution in [0.2, 0.25) is 0 Å². The molecular weight excluding hydrogens is 255 g/mol. The summed E-state index contributed by atoms with van der Waals surface area (Å²) in [6, 6.07) is 12.0. The summed E-state index contributed by atoms with van der Waals surface area (Å²) in [4.78, 5) is 0. The number of hydrogen-bond donors (Lipinski definition) is 1. The summed E-state index contributed by atoms with van der Waals surface area (Å²) in [7, 11) is 0. The second-order valence-electron chi connectivity index (χ2n) is 4.83. The quantitative estimate of drug-likeness (QED) is 0.892. The second-order valence-corrected chi connectivity index (χ2v) is 4.83. The van der Waals surface area contributed by atoms with Crippen molar-refractivity contribution in [2.45, 2.75) is 26.4 Å². The van der Waals surface area contributed by atoms with Gasteiger partial charge in [-0.05, 0) is 48.2 Å². The first kappa shape index (κ1) is 14.5. The van der Waals surface area contributed by atoms with E-state index in [2.05, 4.69) is 6.92 Å². The van der Waals surface area contributed by atoms with Gasteiger partial charge in [0.15, 0.2) is 0 Å². The number of aliphatic hydroxyl groups is 1. The van der Waals surface area contributed by atoms with Crippen molar-refractivity contribution in [3.05, 3.63) is 65.0 Å². The molecule has 0 aliphatic heterocycles. The highest BCUT2D eigenvalue weighted by Gasteiger charge is 2.11. The Morgan fingerprint density at radius 3 is 2.35 bits per heavy atom. The van der Waals surface area contributed by atoms with Crippen LogP contribution in [0.3, 0.4) is 0 Å². The first-order chi connectivity index (χ1) is 9.61. The zero-order valence-corrected chi connectivity index (χ0v) is 11.8. The van der Waals surface area contributed by atoms with Gasteiger partial charge in [0, 0.05) is 0 Å². The fourth-order valence-electron chi connectivity index (χ4n) is 2.00. The highest BCUT2D eigenvalue weighted by atomic mass is 19.1. The monoisotopic (exact) mass is 274 g/mol. The molecule has 0 bridgehead atoms. The van der Waals surface area contributed by atoms with Gasteiger partial charge >= 0.3 is 0 Å². The van der Waals surface area contributed by atoms with E-state index in [1.807, 2.05) is 24.3 Å². The molecule has 0 aliphatic carbocycles. The topological polar surface area (TPSA) is 29.5 Å². The van der Waals surface area contributed by atoms with Crippen molar-refractivity contribution in [2.24, 2.45) is 0 Å². The second kappa shape index (κ2) is 6.53. The lowest BCUT2D eigenvalue weighted by molar-refractivity contribution is 0.220. The molecule has 0 heterocycles. The first-order valence-electron chi connectivity index (χ1n) is 6.78. The molecule has 0 fully saturated rings. The summed E-state index contributed by atoms with van der Waals surface area (Å²) >= 11 is 0. The van der Waals surface area contributed by atoms with Crippen LogP contribution in [-0.2, 0) is 0 Å². The van der Waals surface area contributed by atoms with Crippen LogP contribution >= 0.6 is 0 Å². The third-order valence-electron chi connectivity index (χ3n) is 3.17. The fraction of sp³-hybridized carbons (Fsp3) is 0.294. The summed E-state index contributed by atoms with van der Waals surface area (Å²) < 4.78 is 18.7. The molecular formula is C17H19FO2. The Balaban J connectivity index is 2.15. The minimum Gasteiger partial charge on any atom is -0.494 e. The number of aliphatic hydroxyl groups excluding tert-OH is 1. The van der Waals surface area contributed by atoms with Crippen LogP contribution in [0, 0.1) is 12.7 Å². The summed E-state index contributed by atoms with van der Waals surface area (Å²) in [6.07, 6.45) is 0.203. The standard InChI is InChI=1S/C17H19FO2/c1-3-10-20-15-7-4-13(5-8-15)17(19)14-6-9-16(18)12(2)11-14/h4-9,11,17,19H,3,10H2,1-2H3. The van der Waals surface area contributed by atoms with Crippen LogP contribution in [-0.4, -0.2) is 11.7 Å². The van der Waals surface area contributed by atoms with E-state index in [-0.39, 0.29) is 5.82 Å². The number of aryl methyl sites for hydroxylation is 1. The van der Waals surface area contributed by atoms with E-state index in [1.165, 1.54) is 6.07 Å². The van der Waals surface area contributed by atoms with Gasteiger partial charge in [-0.1, -0.05) is 31.2 Å². The average Bonchev–Trinajstić information content (AvgIpc) is 2.48. The van der Waals surface area contributed by atoms with Gasteiger partial charge in [0.1, 0.15) is 17.7 Å². The molecule has 2 nitrogen and oxygen atoms in total. The Kier molecular flexibility index (Phi) is 4.74. The van der Waals surface area contributed by atoms with Crippen LogP contribution in [0.1, 0.15) is 36.1 Å². The highest BCUT2D eigenvalue weighted by molar-refractivity contribution is 5.35. The summed E-state index contributed by atoms with van der Waals surface area (Å²) in [5.41, 5.74) is 1.98. The molecule has 20 heavy (non-hydrogen) atoms. The molecule has 0 aliphatic rings. The summed E-state index contributed by atoms with van der Waals surface area (Å²) in [6.45, 7) is 4.42. The molecule has 3 heteroatoms. The average molecular weight is 274 g/mol. The van der Waals surface area contributed by atoms with Gasteiger partial charge < -0.3 is 9.84 Å². The Bertz CT molecular complexity index is 564. The molecule has 2 rings (SSSR count). The molecule has 0 saturated carbocycles. The van der Waals surface area contributed by atoms with E-state index in [0.717, 1.165) is 17.7 Å². The van der Waals surface area contributed by atoms with Crippen molar-refractivity contribution in [3.8, 4) is 5.75 Å². The Labute approximate surface area is 118 Å². The maximum atomic E-state index is 13.2. The number of ether oxygens (including phenoxy) is 1. The molecule has 1 unspecified atom stereocenters. The molecule has 1 N–H and O–H groups in total. The van der Waals surface area contributed by atoms with Gasteiger partial charge in [0.05, 0.1) is 6.61 Å². The van der Waals surface area contributed by atoms with Crippen LogP contribution in [0.5, 0.6) is 5.75 Å². The normalized spacial score (nSPS) is 12.2. The Hall–Kier alpha value is -1.87. The van der Waals surface area contributed by atoms with Crippen molar-refractivity contribution in [2.75, 3.05) is 6.61 Å². The molecule has 0 aromatic heterocycles. The van der Waals surface area contributed by atoms with Crippen LogP contribution < -0.4 is 4.74 Å². The molecule has 0 spiro atoms. The molecule has 0 saturated heterocycles. The molecule has 2 aromatic carbocycles. The first-order valence-corrected chi connectivity index (χ1v) is 6.78. The van der Waals surface area contributed by atoms with Gasteiger partial charge in [0.25, 0.3) is 0 Å². The smallest absolute Gasteiger partial charge is 0.126 e.